The third kappa shape index (κ3) is 4.48. The number of aryl methyl sites for hydroxylation is 2. The Labute approximate surface area is 202 Å². The van der Waals surface area contributed by atoms with Crippen LogP contribution in [0.4, 0.5) is 15.9 Å². The topological polar surface area (TPSA) is 62.5 Å². The Morgan fingerprint density at radius 1 is 1.06 bits per heavy atom. The lowest BCUT2D eigenvalue weighted by Gasteiger charge is -2.33. The molecule has 1 saturated heterocycles. The van der Waals surface area contributed by atoms with Crippen molar-refractivity contribution in [2.24, 2.45) is 5.92 Å². The Morgan fingerprint density at radius 3 is 2.50 bits per heavy atom. The molecule has 1 aliphatic heterocycles. The number of carbonyl (C=O) groups is 1. The van der Waals surface area contributed by atoms with E-state index in [0.717, 1.165) is 28.4 Å². The van der Waals surface area contributed by atoms with Crippen LogP contribution in [0.3, 0.4) is 0 Å². The summed E-state index contributed by atoms with van der Waals surface area (Å²) >= 11 is 5.80. The minimum Gasteiger partial charge on any atom is -0.356 e. The smallest absolute Gasteiger partial charge is 0.227 e. The lowest BCUT2D eigenvalue weighted by atomic mass is 9.95. The van der Waals surface area contributed by atoms with E-state index >= 15 is 0 Å². The van der Waals surface area contributed by atoms with Gasteiger partial charge in [-0.05, 0) is 44.9 Å². The molecule has 1 fully saturated rings. The van der Waals surface area contributed by atoms with E-state index in [1.807, 2.05) is 23.6 Å². The molecule has 0 radical (unpaired) electrons. The molecule has 1 N–H and O–H groups in total. The highest BCUT2D eigenvalue weighted by molar-refractivity contribution is 6.30. The van der Waals surface area contributed by atoms with Crippen LogP contribution in [0.1, 0.15) is 24.1 Å². The van der Waals surface area contributed by atoms with Gasteiger partial charge < -0.3 is 10.2 Å². The summed E-state index contributed by atoms with van der Waals surface area (Å²) in [6.45, 7) is 5.42. The van der Waals surface area contributed by atoms with Crippen LogP contribution in [0, 0.1) is 25.6 Å². The highest BCUT2D eigenvalue weighted by Gasteiger charge is 2.27. The molecule has 3 heterocycles. The summed E-state index contributed by atoms with van der Waals surface area (Å²) in [5.74, 6) is 0.0719. The second-order valence-electron chi connectivity index (χ2n) is 8.80. The number of carbonyl (C=O) groups excluding carboxylic acids is 1. The largest absolute Gasteiger partial charge is 0.356 e. The summed E-state index contributed by atoms with van der Waals surface area (Å²) < 4.78 is 15.9. The van der Waals surface area contributed by atoms with E-state index in [1.165, 1.54) is 17.7 Å². The monoisotopic (exact) mass is 477 g/mol. The quantitative estimate of drug-likeness (QED) is 0.412. The molecule has 1 amide bonds. The first-order chi connectivity index (χ1) is 16.4. The minimum absolute atomic E-state index is 0.156. The number of nitrogens with one attached hydrogen (secondary N) is 1. The number of hydrogen-bond acceptors (Lipinski definition) is 4. The standard InChI is InChI=1S/C26H25ClFN5O/c1-16-3-5-18(6-4-16)23-15-24-29-17(2)13-25(33(24)31-23)32-11-9-19(10-12-32)26(34)30-22-8-7-20(27)14-21(22)28/h3-8,13-15,19H,9-12H2,1-2H3,(H,30,34). The number of fused-ring (bicyclic) bond motifs is 1. The van der Waals surface area contributed by atoms with E-state index in [0.29, 0.717) is 31.0 Å². The zero-order chi connectivity index (χ0) is 23.8. The normalized spacial score (nSPS) is 14.5. The van der Waals surface area contributed by atoms with Crippen LogP contribution in [0.2, 0.25) is 5.02 Å². The summed E-state index contributed by atoms with van der Waals surface area (Å²) in [4.78, 5) is 19.6. The Kier molecular flexibility index (Phi) is 5.96. The van der Waals surface area contributed by atoms with Crippen LogP contribution in [-0.2, 0) is 4.79 Å². The summed E-state index contributed by atoms with van der Waals surface area (Å²) in [7, 11) is 0. The maximum Gasteiger partial charge on any atom is 0.227 e. The van der Waals surface area contributed by atoms with Crippen molar-refractivity contribution in [3.05, 3.63) is 76.7 Å². The molecule has 8 heteroatoms. The van der Waals surface area contributed by atoms with Crippen molar-refractivity contribution >= 4 is 34.7 Å². The molecule has 4 aromatic rings. The fraction of sp³-hybridized carbons (Fsp3) is 0.269. The van der Waals surface area contributed by atoms with Crippen LogP contribution in [0.25, 0.3) is 16.9 Å². The molecule has 1 aliphatic rings. The molecule has 0 spiro atoms. The number of rotatable bonds is 4. The molecule has 0 bridgehead atoms. The van der Waals surface area contributed by atoms with Crippen LogP contribution < -0.4 is 10.2 Å². The Hall–Kier alpha value is -3.45. The van der Waals surface area contributed by atoms with Gasteiger partial charge in [-0.15, -0.1) is 0 Å². The third-order valence-corrected chi connectivity index (χ3v) is 6.50. The summed E-state index contributed by atoms with van der Waals surface area (Å²) in [6, 6.07) is 16.6. The second kappa shape index (κ2) is 9.06. The molecule has 2 aromatic carbocycles. The van der Waals surface area contributed by atoms with Crippen molar-refractivity contribution in [3.63, 3.8) is 0 Å². The zero-order valence-electron chi connectivity index (χ0n) is 19.1. The van der Waals surface area contributed by atoms with Gasteiger partial charge in [-0.1, -0.05) is 41.4 Å². The van der Waals surface area contributed by atoms with Gasteiger partial charge in [0.05, 0.1) is 11.4 Å². The number of halogens is 2. The number of anilines is 2. The first-order valence-corrected chi connectivity index (χ1v) is 11.7. The van der Waals surface area contributed by atoms with E-state index in [-0.39, 0.29) is 17.5 Å². The molecule has 6 nitrogen and oxygen atoms in total. The minimum atomic E-state index is -0.531. The highest BCUT2D eigenvalue weighted by atomic mass is 35.5. The van der Waals surface area contributed by atoms with Gasteiger partial charge in [0, 0.05) is 47.4 Å². The van der Waals surface area contributed by atoms with Crippen molar-refractivity contribution in [1.29, 1.82) is 0 Å². The van der Waals surface area contributed by atoms with E-state index in [9.17, 15) is 9.18 Å². The zero-order valence-corrected chi connectivity index (χ0v) is 19.8. The number of hydrogen-bond donors (Lipinski definition) is 1. The van der Waals surface area contributed by atoms with Crippen molar-refractivity contribution in [3.8, 4) is 11.3 Å². The van der Waals surface area contributed by atoms with Gasteiger partial charge in [0.25, 0.3) is 0 Å². The Balaban J connectivity index is 1.33. The number of aromatic nitrogens is 3. The van der Waals surface area contributed by atoms with E-state index in [4.69, 9.17) is 16.7 Å². The molecule has 0 aliphatic carbocycles. The lowest BCUT2D eigenvalue weighted by molar-refractivity contribution is -0.120. The molecular formula is C26H25ClFN5O. The molecular weight excluding hydrogens is 453 g/mol. The fourth-order valence-corrected chi connectivity index (χ4v) is 4.53. The van der Waals surface area contributed by atoms with E-state index in [1.54, 1.807) is 6.07 Å². The fourth-order valence-electron chi connectivity index (χ4n) is 4.37. The lowest BCUT2D eigenvalue weighted by Crippen LogP contribution is -2.39. The average Bonchev–Trinajstić information content (AvgIpc) is 3.25. The SMILES string of the molecule is Cc1ccc(-c2cc3nc(C)cc(N4CCC(C(=O)Nc5ccc(Cl)cc5F)CC4)n3n2)cc1. The summed E-state index contributed by atoms with van der Waals surface area (Å²) in [5, 5.41) is 7.84. The predicted molar refractivity (Wildman–Crippen MR) is 133 cm³/mol. The molecule has 34 heavy (non-hydrogen) atoms. The van der Waals surface area contributed by atoms with Gasteiger partial charge in [-0.25, -0.2) is 9.37 Å². The highest BCUT2D eigenvalue weighted by Crippen LogP contribution is 2.28. The first-order valence-electron chi connectivity index (χ1n) is 11.3. The van der Waals surface area contributed by atoms with Crippen molar-refractivity contribution in [2.45, 2.75) is 26.7 Å². The van der Waals surface area contributed by atoms with E-state index < -0.39 is 5.82 Å². The first kappa shape index (κ1) is 22.3. The van der Waals surface area contributed by atoms with Gasteiger partial charge >= 0.3 is 0 Å². The molecule has 0 saturated carbocycles. The third-order valence-electron chi connectivity index (χ3n) is 6.26. The van der Waals surface area contributed by atoms with Gasteiger partial charge in [0.15, 0.2) is 5.65 Å². The molecule has 5 rings (SSSR count). The van der Waals surface area contributed by atoms with Gasteiger partial charge in [-0.2, -0.15) is 9.61 Å². The average molecular weight is 478 g/mol. The van der Waals surface area contributed by atoms with Crippen LogP contribution in [-0.4, -0.2) is 33.6 Å². The number of nitrogens with zero attached hydrogens (tertiary/aromatic N) is 4. The molecule has 0 unspecified atom stereocenters. The Bertz CT molecular complexity index is 1360. The van der Waals surface area contributed by atoms with Gasteiger partial charge in [0.2, 0.25) is 5.91 Å². The van der Waals surface area contributed by atoms with Gasteiger partial charge in [0.1, 0.15) is 11.6 Å². The van der Waals surface area contributed by atoms with Gasteiger partial charge in [-0.3, -0.25) is 4.79 Å². The van der Waals surface area contributed by atoms with Crippen molar-refractivity contribution in [1.82, 2.24) is 14.6 Å². The van der Waals surface area contributed by atoms with Crippen LogP contribution >= 0.6 is 11.6 Å². The maximum atomic E-state index is 14.1. The molecule has 174 valence electrons. The number of benzene rings is 2. The van der Waals surface area contributed by atoms with Crippen molar-refractivity contribution < 1.29 is 9.18 Å². The molecule has 0 atom stereocenters. The van der Waals surface area contributed by atoms with E-state index in [2.05, 4.69) is 46.4 Å². The summed E-state index contributed by atoms with van der Waals surface area (Å²) in [5.41, 5.74) is 4.99. The maximum absolute atomic E-state index is 14.1. The second-order valence-corrected chi connectivity index (χ2v) is 9.23. The molecule has 2 aromatic heterocycles. The summed E-state index contributed by atoms with van der Waals surface area (Å²) in [6.07, 6.45) is 1.33. The number of amides is 1. The van der Waals surface area contributed by atoms with Crippen molar-refractivity contribution in [2.75, 3.05) is 23.3 Å². The number of piperidine rings is 1. The Morgan fingerprint density at radius 2 is 1.79 bits per heavy atom. The van der Waals surface area contributed by atoms with Crippen LogP contribution in [0.15, 0.2) is 54.6 Å². The predicted octanol–water partition coefficient (Wildman–Crippen LogP) is 5.66. The van der Waals surface area contributed by atoms with Crippen LogP contribution in [0.5, 0.6) is 0 Å².